The van der Waals surface area contributed by atoms with Gasteiger partial charge < -0.3 is 4.57 Å². The Bertz CT molecular complexity index is 1070. The van der Waals surface area contributed by atoms with Crippen molar-refractivity contribution in [3.05, 3.63) is 73.0 Å². The average molecular weight is 343 g/mol. The third-order valence-electron chi connectivity index (χ3n) is 4.27. The van der Waals surface area contributed by atoms with Gasteiger partial charge in [0.2, 0.25) is 0 Å². The molecule has 0 N–H and O–H groups in total. The quantitative estimate of drug-likeness (QED) is 0.557. The lowest BCUT2D eigenvalue weighted by molar-refractivity contribution is -0.119. The highest BCUT2D eigenvalue weighted by atomic mass is 16.1. The molecule has 0 aromatic carbocycles. The molecule has 4 rings (SSSR count). The first-order chi connectivity index (χ1) is 12.7. The van der Waals surface area contributed by atoms with Crippen molar-refractivity contribution in [3.8, 4) is 11.1 Å². The number of rotatable bonds is 5. The summed E-state index contributed by atoms with van der Waals surface area (Å²) in [6, 6.07) is 7.87. The Morgan fingerprint density at radius 2 is 1.96 bits per heavy atom. The highest BCUT2D eigenvalue weighted by Crippen LogP contribution is 2.22. The molecular formula is C20H17N5O. The van der Waals surface area contributed by atoms with Crippen LogP contribution >= 0.6 is 0 Å². The molecule has 4 aromatic rings. The molecule has 0 saturated carbocycles. The van der Waals surface area contributed by atoms with Crippen LogP contribution in [0.1, 0.15) is 11.5 Å². The Morgan fingerprint density at radius 3 is 2.73 bits per heavy atom. The summed E-state index contributed by atoms with van der Waals surface area (Å²) in [5, 5.41) is 0.961. The second-order valence-electron chi connectivity index (χ2n) is 6.15. The van der Waals surface area contributed by atoms with Gasteiger partial charge in [-0.15, -0.1) is 0 Å². The van der Waals surface area contributed by atoms with Gasteiger partial charge >= 0.3 is 0 Å². The van der Waals surface area contributed by atoms with E-state index >= 15 is 0 Å². The third kappa shape index (κ3) is 3.35. The van der Waals surface area contributed by atoms with Gasteiger partial charge in [-0.2, -0.15) is 0 Å². The number of ketones is 1. The number of pyridine rings is 3. The van der Waals surface area contributed by atoms with E-state index in [4.69, 9.17) is 0 Å². The number of carbonyl (C=O) groups is 1. The zero-order valence-electron chi connectivity index (χ0n) is 14.3. The number of carbonyl (C=O) groups excluding carboxylic acids is 1. The number of Topliss-reactive ketones (excluding diaryl/α,β-unsaturated/α-hetero) is 1. The van der Waals surface area contributed by atoms with Gasteiger partial charge in [0.15, 0.2) is 5.78 Å². The van der Waals surface area contributed by atoms with Crippen LogP contribution in [0.4, 0.5) is 0 Å². The number of fused-ring (bicyclic) bond motifs is 1. The maximum atomic E-state index is 12.3. The van der Waals surface area contributed by atoms with E-state index in [1.807, 2.05) is 48.3 Å². The summed E-state index contributed by atoms with van der Waals surface area (Å²) in [6.07, 6.45) is 10.9. The van der Waals surface area contributed by atoms with Crippen LogP contribution in [0.3, 0.4) is 0 Å². The van der Waals surface area contributed by atoms with Crippen LogP contribution in [0.5, 0.6) is 0 Å². The molecule has 4 heterocycles. The lowest BCUT2D eigenvalue weighted by Gasteiger charge is -2.06. The number of aryl methyl sites for hydroxylation is 1. The first kappa shape index (κ1) is 16.1. The van der Waals surface area contributed by atoms with Crippen molar-refractivity contribution in [3.63, 3.8) is 0 Å². The Hall–Kier alpha value is -3.41. The minimum absolute atomic E-state index is 0.0920. The molecule has 4 aromatic heterocycles. The summed E-state index contributed by atoms with van der Waals surface area (Å²) in [7, 11) is 0. The van der Waals surface area contributed by atoms with Crippen LogP contribution < -0.4 is 0 Å². The summed E-state index contributed by atoms with van der Waals surface area (Å²) in [6.45, 7) is 2.19. The van der Waals surface area contributed by atoms with E-state index in [1.54, 1.807) is 18.6 Å². The molecule has 128 valence electrons. The predicted molar refractivity (Wildman–Crippen MR) is 98.4 cm³/mol. The van der Waals surface area contributed by atoms with Crippen LogP contribution in [0.15, 0.2) is 61.4 Å². The highest BCUT2D eigenvalue weighted by Gasteiger charge is 2.09. The lowest BCUT2D eigenvalue weighted by Crippen LogP contribution is -2.13. The standard InChI is InChI=1S/C20H17N5O/c1-14-22-5-6-25(14)13-19(26)9-18-8-16-7-17(11-24-20(16)12-23-18)15-3-2-4-21-10-15/h2-8,10-12H,9,13H2,1H3. The lowest BCUT2D eigenvalue weighted by atomic mass is 10.1. The smallest absolute Gasteiger partial charge is 0.158 e. The normalized spacial score (nSPS) is 11.0. The van der Waals surface area contributed by atoms with Gasteiger partial charge in [-0.05, 0) is 25.1 Å². The third-order valence-corrected chi connectivity index (χ3v) is 4.27. The SMILES string of the molecule is Cc1nccn1CC(=O)Cc1cc2cc(-c3cccnc3)cnc2cn1. The van der Waals surface area contributed by atoms with E-state index in [9.17, 15) is 4.79 Å². The number of imidazole rings is 1. The first-order valence-corrected chi connectivity index (χ1v) is 8.33. The van der Waals surface area contributed by atoms with Crippen molar-refractivity contribution in [2.45, 2.75) is 19.9 Å². The Kier molecular flexibility index (Phi) is 4.23. The van der Waals surface area contributed by atoms with Crippen LogP contribution in [0.25, 0.3) is 22.0 Å². The minimum atomic E-state index is 0.0920. The monoisotopic (exact) mass is 343 g/mol. The highest BCUT2D eigenvalue weighted by molar-refractivity contribution is 5.85. The summed E-state index contributed by atoms with van der Waals surface area (Å²) in [5.74, 6) is 0.921. The molecule has 0 aliphatic rings. The van der Waals surface area contributed by atoms with Crippen LogP contribution in [-0.4, -0.2) is 30.3 Å². The van der Waals surface area contributed by atoms with Crippen molar-refractivity contribution in [1.82, 2.24) is 24.5 Å². The van der Waals surface area contributed by atoms with Crippen LogP contribution in [0.2, 0.25) is 0 Å². The Morgan fingerprint density at radius 1 is 1.04 bits per heavy atom. The Labute approximate surface area is 150 Å². The molecule has 0 unspecified atom stereocenters. The van der Waals surface area contributed by atoms with Gasteiger partial charge in [0.1, 0.15) is 5.82 Å². The molecule has 0 spiro atoms. The molecule has 0 atom stereocenters. The fourth-order valence-electron chi connectivity index (χ4n) is 2.88. The molecule has 6 nitrogen and oxygen atoms in total. The van der Waals surface area contributed by atoms with E-state index in [0.29, 0.717) is 6.54 Å². The van der Waals surface area contributed by atoms with E-state index in [2.05, 4.69) is 26.0 Å². The molecule has 0 radical (unpaired) electrons. The van der Waals surface area contributed by atoms with Crippen molar-refractivity contribution >= 4 is 16.7 Å². The molecule has 0 fully saturated rings. The number of hydrogen-bond donors (Lipinski definition) is 0. The largest absolute Gasteiger partial charge is 0.328 e. The topological polar surface area (TPSA) is 73.6 Å². The second-order valence-corrected chi connectivity index (χ2v) is 6.15. The molecule has 0 amide bonds. The van der Waals surface area contributed by atoms with Crippen molar-refractivity contribution in [2.75, 3.05) is 0 Å². The predicted octanol–water partition coefficient (Wildman–Crippen LogP) is 3.01. The number of hydrogen-bond acceptors (Lipinski definition) is 5. The van der Waals surface area contributed by atoms with Gasteiger partial charge in [-0.1, -0.05) is 6.07 Å². The minimum Gasteiger partial charge on any atom is -0.328 e. The van der Waals surface area contributed by atoms with Gasteiger partial charge in [0.05, 0.1) is 24.7 Å². The van der Waals surface area contributed by atoms with Gasteiger partial charge in [-0.3, -0.25) is 19.7 Å². The van der Waals surface area contributed by atoms with Gasteiger partial charge in [0.25, 0.3) is 0 Å². The maximum absolute atomic E-state index is 12.3. The molecular weight excluding hydrogens is 326 g/mol. The van der Waals surface area contributed by atoms with E-state index in [-0.39, 0.29) is 12.2 Å². The molecule has 6 heteroatoms. The van der Waals surface area contributed by atoms with Crippen molar-refractivity contribution < 1.29 is 4.79 Å². The summed E-state index contributed by atoms with van der Waals surface area (Å²) in [4.78, 5) is 29.5. The van der Waals surface area contributed by atoms with Crippen LogP contribution in [0, 0.1) is 6.92 Å². The van der Waals surface area contributed by atoms with Crippen molar-refractivity contribution in [1.29, 1.82) is 0 Å². The number of nitrogens with zero attached hydrogens (tertiary/aromatic N) is 5. The molecule has 0 bridgehead atoms. The van der Waals surface area contributed by atoms with E-state index in [0.717, 1.165) is 33.5 Å². The van der Waals surface area contributed by atoms with Gasteiger partial charge in [0, 0.05) is 53.2 Å². The molecule has 0 aliphatic heterocycles. The summed E-state index contributed by atoms with van der Waals surface area (Å²) in [5.41, 5.74) is 3.54. The number of aromatic nitrogens is 5. The molecule has 0 aliphatic carbocycles. The molecule has 26 heavy (non-hydrogen) atoms. The summed E-state index contributed by atoms with van der Waals surface area (Å²) < 4.78 is 1.84. The Balaban J connectivity index is 1.58. The zero-order chi connectivity index (χ0) is 17.9. The fraction of sp³-hybridized carbons (Fsp3) is 0.150. The van der Waals surface area contributed by atoms with E-state index in [1.165, 1.54) is 0 Å². The first-order valence-electron chi connectivity index (χ1n) is 8.33. The second kappa shape index (κ2) is 6.84. The van der Waals surface area contributed by atoms with Gasteiger partial charge in [-0.25, -0.2) is 4.98 Å². The maximum Gasteiger partial charge on any atom is 0.158 e. The zero-order valence-corrected chi connectivity index (χ0v) is 14.3. The van der Waals surface area contributed by atoms with Crippen LogP contribution in [-0.2, 0) is 17.8 Å². The molecule has 0 saturated heterocycles. The average Bonchev–Trinajstić information content (AvgIpc) is 3.06. The van der Waals surface area contributed by atoms with Crippen molar-refractivity contribution in [2.24, 2.45) is 0 Å². The summed E-state index contributed by atoms with van der Waals surface area (Å²) >= 11 is 0. The van der Waals surface area contributed by atoms with E-state index < -0.39 is 0 Å². The fourth-order valence-corrected chi connectivity index (χ4v) is 2.88.